The Hall–Kier alpha value is -1.39. The van der Waals surface area contributed by atoms with Crippen molar-refractivity contribution in [2.24, 2.45) is 5.41 Å². The third-order valence-corrected chi connectivity index (χ3v) is 3.15. The van der Waals surface area contributed by atoms with E-state index in [1.807, 2.05) is 18.2 Å². The van der Waals surface area contributed by atoms with Gasteiger partial charge in [-0.15, -0.1) is 0 Å². The van der Waals surface area contributed by atoms with Crippen LogP contribution in [0.3, 0.4) is 0 Å². The van der Waals surface area contributed by atoms with E-state index in [-0.39, 0.29) is 12.5 Å². The minimum Gasteiger partial charge on any atom is -0.407 e. The molecular formula is C14H16BNO2. The molecule has 0 aliphatic carbocycles. The lowest BCUT2D eigenvalue weighted by molar-refractivity contribution is 0.0343. The fourth-order valence-electron chi connectivity index (χ4n) is 2.13. The largest absolute Gasteiger partial charge is 0.493 e. The van der Waals surface area contributed by atoms with Gasteiger partial charge in [-0.2, -0.15) is 0 Å². The van der Waals surface area contributed by atoms with Crippen LogP contribution in [0.5, 0.6) is 0 Å². The van der Waals surface area contributed by atoms with Crippen molar-refractivity contribution in [1.29, 1.82) is 0 Å². The summed E-state index contributed by atoms with van der Waals surface area (Å²) in [5, 5.41) is 1.12. The van der Waals surface area contributed by atoms with Crippen molar-refractivity contribution in [2.75, 3.05) is 13.2 Å². The van der Waals surface area contributed by atoms with E-state index in [4.69, 9.17) is 9.31 Å². The van der Waals surface area contributed by atoms with Crippen LogP contribution in [0.2, 0.25) is 0 Å². The average molecular weight is 241 g/mol. The minimum absolute atomic E-state index is 0.106. The number of pyridine rings is 1. The highest BCUT2D eigenvalue weighted by Crippen LogP contribution is 2.21. The number of hydrogen-bond donors (Lipinski definition) is 0. The molecule has 92 valence electrons. The van der Waals surface area contributed by atoms with Crippen LogP contribution >= 0.6 is 0 Å². The standard InChI is InChI=1S/C14H16BNO2/c1-14(2)9-17-15(18-10-14)12-5-6-13-11(8-12)4-3-7-16-13/h3-8H,9-10H2,1-2H3. The molecule has 1 saturated heterocycles. The maximum atomic E-state index is 5.79. The van der Waals surface area contributed by atoms with E-state index in [0.717, 1.165) is 29.6 Å². The van der Waals surface area contributed by atoms with E-state index < -0.39 is 0 Å². The second-order valence-corrected chi connectivity index (χ2v) is 5.57. The first-order chi connectivity index (χ1) is 8.64. The van der Waals surface area contributed by atoms with Gasteiger partial charge < -0.3 is 9.31 Å². The molecule has 1 aliphatic rings. The summed E-state index contributed by atoms with van der Waals surface area (Å²) in [5.41, 5.74) is 2.16. The fraction of sp³-hybridized carbons (Fsp3) is 0.357. The van der Waals surface area contributed by atoms with E-state index in [0.29, 0.717) is 0 Å². The Balaban J connectivity index is 1.87. The molecule has 18 heavy (non-hydrogen) atoms. The second kappa shape index (κ2) is 4.37. The van der Waals surface area contributed by atoms with Crippen molar-refractivity contribution < 1.29 is 9.31 Å². The predicted octanol–water partition coefficient (Wildman–Crippen LogP) is 2.00. The molecule has 1 aromatic heterocycles. The molecule has 3 rings (SSSR count). The van der Waals surface area contributed by atoms with E-state index in [9.17, 15) is 0 Å². The van der Waals surface area contributed by atoms with Crippen molar-refractivity contribution in [1.82, 2.24) is 4.98 Å². The Labute approximate surface area is 107 Å². The van der Waals surface area contributed by atoms with Crippen LogP contribution in [0.25, 0.3) is 10.9 Å². The maximum Gasteiger partial charge on any atom is 0.493 e. The molecule has 0 bridgehead atoms. The predicted molar refractivity (Wildman–Crippen MR) is 72.8 cm³/mol. The summed E-state index contributed by atoms with van der Waals surface area (Å²) in [5.74, 6) is 0. The lowest BCUT2D eigenvalue weighted by atomic mass is 9.75. The maximum absolute atomic E-state index is 5.79. The van der Waals surface area contributed by atoms with Gasteiger partial charge in [0.1, 0.15) is 0 Å². The van der Waals surface area contributed by atoms with Crippen molar-refractivity contribution in [2.45, 2.75) is 13.8 Å². The summed E-state index contributed by atoms with van der Waals surface area (Å²) in [7, 11) is -0.248. The number of hydrogen-bond acceptors (Lipinski definition) is 3. The summed E-state index contributed by atoms with van der Waals surface area (Å²) < 4.78 is 11.6. The van der Waals surface area contributed by atoms with Crippen LogP contribution in [0.4, 0.5) is 0 Å². The van der Waals surface area contributed by atoms with Crippen molar-refractivity contribution in [3.05, 3.63) is 36.5 Å². The van der Waals surface area contributed by atoms with Crippen molar-refractivity contribution in [3.8, 4) is 0 Å². The van der Waals surface area contributed by atoms with E-state index >= 15 is 0 Å². The first-order valence-corrected chi connectivity index (χ1v) is 6.22. The first kappa shape index (κ1) is 11.7. The number of nitrogens with zero attached hydrogens (tertiary/aromatic N) is 1. The van der Waals surface area contributed by atoms with Crippen LogP contribution in [0, 0.1) is 5.41 Å². The molecule has 0 N–H and O–H groups in total. The van der Waals surface area contributed by atoms with Crippen LogP contribution in [0.1, 0.15) is 13.8 Å². The zero-order valence-electron chi connectivity index (χ0n) is 10.7. The van der Waals surface area contributed by atoms with Gasteiger partial charge in [-0.1, -0.05) is 32.0 Å². The van der Waals surface area contributed by atoms with Gasteiger partial charge in [0.05, 0.1) is 5.52 Å². The summed E-state index contributed by atoms with van der Waals surface area (Å²) in [6.45, 7) is 5.74. The minimum atomic E-state index is -0.248. The number of aromatic nitrogens is 1. The highest BCUT2D eigenvalue weighted by atomic mass is 16.6. The monoisotopic (exact) mass is 241 g/mol. The Morgan fingerprint density at radius 2 is 1.94 bits per heavy atom. The molecule has 1 aromatic carbocycles. The SMILES string of the molecule is CC1(C)COB(c2ccc3ncccc3c2)OC1. The quantitative estimate of drug-likeness (QED) is 0.715. The van der Waals surface area contributed by atoms with Crippen molar-refractivity contribution >= 4 is 23.5 Å². The Kier molecular flexibility index (Phi) is 2.84. The second-order valence-electron chi connectivity index (χ2n) is 5.57. The fourth-order valence-corrected chi connectivity index (χ4v) is 2.13. The molecule has 0 saturated carbocycles. The number of fused-ring (bicyclic) bond motifs is 1. The van der Waals surface area contributed by atoms with E-state index in [1.54, 1.807) is 6.20 Å². The van der Waals surface area contributed by atoms with Gasteiger partial charge in [-0.05, 0) is 23.0 Å². The smallest absolute Gasteiger partial charge is 0.407 e. The van der Waals surface area contributed by atoms with Crippen LogP contribution in [0.15, 0.2) is 36.5 Å². The van der Waals surface area contributed by atoms with Gasteiger partial charge in [0.15, 0.2) is 0 Å². The lowest BCUT2D eigenvalue weighted by Crippen LogP contribution is -2.47. The summed E-state index contributed by atoms with van der Waals surface area (Å²) in [4.78, 5) is 4.31. The van der Waals surface area contributed by atoms with E-state index in [1.165, 1.54) is 0 Å². The number of rotatable bonds is 1. The zero-order chi connectivity index (χ0) is 12.6. The van der Waals surface area contributed by atoms with Crippen LogP contribution in [-0.4, -0.2) is 25.3 Å². The summed E-state index contributed by atoms with van der Waals surface area (Å²) in [6, 6.07) is 10.1. The Morgan fingerprint density at radius 3 is 2.72 bits per heavy atom. The molecule has 0 atom stereocenters. The molecule has 1 fully saturated rings. The summed E-state index contributed by atoms with van der Waals surface area (Å²) >= 11 is 0. The highest BCUT2D eigenvalue weighted by molar-refractivity contribution is 6.61. The van der Waals surface area contributed by atoms with Gasteiger partial charge in [0.25, 0.3) is 0 Å². The zero-order valence-corrected chi connectivity index (χ0v) is 10.7. The highest BCUT2D eigenvalue weighted by Gasteiger charge is 2.33. The molecule has 3 nitrogen and oxygen atoms in total. The Bertz CT molecular complexity index is 560. The molecule has 0 unspecified atom stereocenters. The van der Waals surface area contributed by atoms with Crippen molar-refractivity contribution in [3.63, 3.8) is 0 Å². The molecule has 0 radical (unpaired) electrons. The van der Waals surface area contributed by atoms with Gasteiger partial charge in [-0.3, -0.25) is 4.98 Å². The van der Waals surface area contributed by atoms with E-state index in [2.05, 4.69) is 31.0 Å². The third kappa shape index (κ3) is 2.26. The lowest BCUT2D eigenvalue weighted by Gasteiger charge is -2.33. The molecular weight excluding hydrogens is 225 g/mol. The molecule has 1 aliphatic heterocycles. The average Bonchev–Trinajstić information content (AvgIpc) is 2.38. The molecule has 0 spiro atoms. The molecule has 0 amide bonds. The normalized spacial score (nSPS) is 19.1. The third-order valence-electron chi connectivity index (χ3n) is 3.15. The van der Waals surface area contributed by atoms with Crippen LogP contribution < -0.4 is 5.46 Å². The molecule has 4 heteroatoms. The van der Waals surface area contributed by atoms with Crippen LogP contribution in [-0.2, 0) is 9.31 Å². The molecule has 2 aromatic rings. The molecule has 2 heterocycles. The Morgan fingerprint density at radius 1 is 1.17 bits per heavy atom. The topological polar surface area (TPSA) is 31.4 Å². The van der Waals surface area contributed by atoms with Gasteiger partial charge in [0, 0.05) is 24.8 Å². The van der Waals surface area contributed by atoms with Gasteiger partial charge in [0.2, 0.25) is 0 Å². The number of benzene rings is 1. The first-order valence-electron chi connectivity index (χ1n) is 6.22. The summed E-state index contributed by atoms with van der Waals surface area (Å²) in [6.07, 6.45) is 1.80. The van der Waals surface area contributed by atoms with Gasteiger partial charge in [-0.25, -0.2) is 0 Å². The van der Waals surface area contributed by atoms with Gasteiger partial charge >= 0.3 is 7.12 Å².